The molecular formula is C13H16N6O. The van der Waals surface area contributed by atoms with Gasteiger partial charge in [0.25, 0.3) is 5.91 Å². The second kappa shape index (κ2) is 5.36. The maximum absolute atomic E-state index is 12.1. The maximum Gasteiger partial charge on any atom is 0.271 e. The minimum Gasteiger partial charge on any atom is -0.346 e. The van der Waals surface area contributed by atoms with Crippen LogP contribution in [0.1, 0.15) is 35.5 Å². The van der Waals surface area contributed by atoms with Gasteiger partial charge in [0, 0.05) is 37.8 Å². The van der Waals surface area contributed by atoms with Crippen LogP contribution in [-0.2, 0) is 19.4 Å². The summed E-state index contributed by atoms with van der Waals surface area (Å²) in [6.07, 6.45) is 7.08. The van der Waals surface area contributed by atoms with E-state index in [0.717, 1.165) is 37.5 Å². The van der Waals surface area contributed by atoms with Gasteiger partial charge in [0.05, 0.1) is 6.20 Å². The fraction of sp³-hybridized carbons (Fsp3) is 0.462. The maximum atomic E-state index is 12.1. The van der Waals surface area contributed by atoms with Crippen molar-refractivity contribution in [3.63, 3.8) is 0 Å². The quantitative estimate of drug-likeness (QED) is 0.872. The van der Waals surface area contributed by atoms with Crippen LogP contribution in [0.2, 0.25) is 0 Å². The van der Waals surface area contributed by atoms with Crippen LogP contribution in [0.3, 0.4) is 0 Å². The fourth-order valence-electron chi connectivity index (χ4n) is 2.44. The first-order valence-corrected chi connectivity index (χ1v) is 6.75. The van der Waals surface area contributed by atoms with E-state index in [1.54, 1.807) is 6.20 Å². The molecule has 0 bridgehead atoms. The van der Waals surface area contributed by atoms with Crippen molar-refractivity contribution in [1.29, 1.82) is 0 Å². The molecule has 1 amide bonds. The third-order valence-corrected chi connectivity index (χ3v) is 3.47. The molecule has 104 valence electrons. The summed E-state index contributed by atoms with van der Waals surface area (Å²) in [6, 6.07) is 0.0818. The summed E-state index contributed by atoms with van der Waals surface area (Å²) in [4.78, 5) is 20.0. The van der Waals surface area contributed by atoms with Crippen LogP contribution in [0.5, 0.6) is 0 Å². The molecule has 1 N–H and O–H groups in total. The molecule has 1 aliphatic rings. The predicted molar refractivity (Wildman–Crippen MR) is 71.0 cm³/mol. The number of aryl methyl sites for hydroxylation is 2. The molecule has 3 rings (SSSR count). The van der Waals surface area contributed by atoms with Gasteiger partial charge in [-0.15, -0.1) is 10.2 Å². The number of hydrogen-bond acceptors (Lipinski definition) is 5. The van der Waals surface area contributed by atoms with Gasteiger partial charge in [0.2, 0.25) is 0 Å². The SMILES string of the molecule is CCc1nnc2n1C[C@H](NC(=O)c1cnccn1)CC2. The summed E-state index contributed by atoms with van der Waals surface area (Å²) in [5.74, 6) is 1.79. The van der Waals surface area contributed by atoms with E-state index in [9.17, 15) is 4.79 Å². The normalized spacial score (nSPS) is 17.6. The van der Waals surface area contributed by atoms with E-state index >= 15 is 0 Å². The summed E-state index contributed by atoms with van der Waals surface area (Å²) < 4.78 is 2.10. The summed E-state index contributed by atoms with van der Waals surface area (Å²) in [5, 5.41) is 11.3. The Kier molecular flexibility index (Phi) is 3.41. The minimum absolute atomic E-state index is 0.0818. The summed E-state index contributed by atoms with van der Waals surface area (Å²) in [5.41, 5.74) is 0.345. The highest BCUT2D eigenvalue weighted by Crippen LogP contribution is 2.15. The molecule has 0 saturated carbocycles. The molecule has 2 aromatic rings. The lowest BCUT2D eigenvalue weighted by molar-refractivity contribution is 0.0921. The number of hydrogen-bond donors (Lipinski definition) is 1. The molecule has 1 aliphatic heterocycles. The molecule has 0 aromatic carbocycles. The van der Waals surface area contributed by atoms with E-state index in [2.05, 4.69) is 37.0 Å². The number of carbonyl (C=O) groups is 1. The molecular weight excluding hydrogens is 256 g/mol. The molecule has 2 aromatic heterocycles. The number of fused-ring (bicyclic) bond motifs is 1. The molecule has 20 heavy (non-hydrogen) atoms. The number of carbonyl (C=O) groups excluding carboxylic acids is 1. The molecule has 3 heterocycles. The minimum atomic E-state index is -0.183. The van der Waals surface area contributed by atoms with Crippen molar-refractivity contribution in [2.75, 3.05) is 0 Å². The Bertz CT molecular complexity index is 595. The molecule has 0 fully saturated rings. The van der Waals surface area contributed by atoms with Gasteiger partial charge < -0.3 is 9.88 Å². The topological polar surface area (TPSA) is 85.6 Å². The van der Waals surface area contributed by atoms with Gasteiger partial charge in [-0.1, -0.05) is 6.92 Å². The van der Waals surface area contributed by atoms with E-state index in [4.69, 9.17) is 0 Å². The zero-order valence-corrected chi connectivity index (χ0v) is 11.3. The Labute approximate surface area is 116 Å². The second-order valence-corrected chi connectivity index (χ2v) is 4.80. The van der Waals surface area contributed by atoms with Crippen LogP contribution in [0.15, 0.2) is 18.6 Å². The van der Waals surface area contributed by atoms with Crippen LogP contribution < -0.4 is 5.32 Å². The zero-order valence-electron chi connectivity index (χ0n) is 11.3. The average molecular weight is 272 g/mol. The molecule has 0 unspecified atom stereocenters. The van der Waals surface area contributed by atoms with Crippen molar-refractivity contribution >= 4 is 5.91 Å². The number of aromatic nitrogens is 5. The van der Waals surface area contributed by atoms with Crippen molar-refractivity contribution < 1.29 is 4.79 Å². The Morgan fingerprint density at radius 3 is 3.10 bits per heavy atom. The van der Waals surface area contributed by atoms with Crippen molar-refractivity contribution in [1.82, 2.24) is 30.0 Å². The molecule has 1 atom stereocenters. The van der Waals surface area contributed by atoms with Crippen LogP contribution in [0.4, 0.5) is 0 Å². The number of amides is 1. The van der Waals surface area contributed by atoms with Gasteiger partial charge in [-0.25, -0.2) is 4.98 Å². The lowest BCUT2D eigenvalue weighted by Gasteiger charge is -2.25. The van der Waals surface area contributed by atoms with Crippen LogP contribution in [0.25, 0.3) is 0 Å². The molecule has 7 nitrogen and oxygen atoms in total. The predicted octanol–water partition coefficient (Wildman–Crippen LogP) is 0.375. The highest BCUT2D eigenvalue weighted by atomic mass is 16.1. The fourth-order valence-corrected chi connectivity index (χ4v) is 2.44. The molecule has 0 radical (unpaired) electrons. The number of nitrogens with one attached hydrogen (secondary N) is 1. The average Bonchev–Trinajstić information content (AvgIpc) is 2.90. The Morgan fingerprint density at radius 2 is 2.35 bits per heavy atom. The third kappa shape index (κ3) is 2.38. The second-order valence-electron chi connectivity index (χ2n) is 4.80. The van der Waals surface area contributed by atoms with Crippen molar-refractivity contribution in [2.45, 2.75) is 38.8 Å². The van der Waals surface area contributed by atoms with Gasteiger partial charge in [0.1, 0.15) is 17.3 Å². The van der Waals surface area contributed by atoms with Crippen LogP contribution in [-0.4, -0.2) is 36.7 Å². The largest absolute Gasteiger partial charge is 0.346 e. The van der Waals surface area contributed by atoms with Gasteiger partial charge in [-0.05, 0) is 6.42 Å². The smallest absolute Gasteiger partial charge is 0.271 e. The lowest BCUT2D eigenvalue weighted by atomic mass is 10.1. The third-order valence-electron chi connectivity index (χ3n) is 3.47. The van der Waals surface area contributed by atoms with Crippen molar-refractivity contribution in [3.05, 3.63) is 35.9 Å². The van der Waals surface area contributed by atoms with Gasteiger partial charge in [0.15, 0.2) is 0 Å². The van der Waals surface area contributed by atoms with Gasteiger partial charge in [-0.2, -0.15) is 0 Å². The van der Waals surface area contributed by atoms with Gasteiger partial charge >= 0.3 is 0 Å². The van der Waals surface area contributed by atoms with E-state index in [1.807, 2.05) is 0 Å². The molecule has 0 spiro atoms. The summed E-state index contributed by atoms with van der Waals surface area (Å²) >= 11 is 0. The van der Waals surface area contributed by atoms with Crippen LogP contribution in [0, 0.1) is 0 Å². The van der Waals surface area contributed by atoms with Crippen LogP contribution >= 0.6 is 0 Å². The first kappa shape index (κ1) is 12.7. The van der Waals surface area contributed by atoms with E-state index in [1.165, 1.54) is 12.4 Å². The number of rotatable bonds is 3. The Hall–Kier alpha value is -2.31. The van der Waals surface area contributed by atoms with Crippen molar-refractivity contribution in [3.8, 4) is 0 Å². The first-order valence-electron chi connectivity index (χ1n) is 6.75. The standard InChI is InChI=1S/C13H16N6O/c1-2-11-17-18-12-4-3-9(8-19(11)12)16-13(20)10-7-14-5-6-15-10/h5-7,9H,2-4,8H2,1H3,(H,16,20)/t9-/m1/s1. The highest BCUT2D eigenvalue weighted by Gasteiger charge is 2.24. The highest BCUT2D eigenvalue weighted by molar-refractivity contribution is 5.92. The summed E-state index contributed by atoms with van der Waals surface area (Å²) in [6.45, 7) is 2.77. The Balaban J connectivity index is 1.70. The molecule has 7 heteroatoms. The van der Waals surface area contributed by atoms with Gasteiger partial charge in [-0.3, -0.25) is 9.78 Å². The van der Waals surface area contributed by atoms with Crippen molar-refractivity contribution in [2.24, 2.45) is 0 Å². The first-order chi connectivity index (χ1) is 9.78. The summed E-state index contributed by atoms with van der Waals surface area (Å²) in [7, 11) is 0. The van der Waals surface area contributed by atoms with E-state index in [0.29, 0.717) is 5.69 Å². The molecule has 0 saturated heterocycles. The zero-order chi connectivity index (χ0) is 13.9. The lowest BCUT2D eigenvalue weighted by Crippen LogP contribution is -2.41. The monoisotopic (exact) mass is 272 g/mol. The number of nitrogens with zero attached hydrogens (tertiary/aromatic N) is 5. The Morgan fingerprint density at radius 1 is 1.45 bits per heavy atom. The van der Waals surface area contributed by atoms with E-state index < -0.39 is 0 Å². The molecule has 0 aliphatic carbocycles. The van der Waals surface area contributed by atoms with E-state index in [-0.39, 0.29) is 11.9 Å².